The van der Waals surface area contributed by atoms with E-state index < -0.39 is 0 Å². The van der Waals surface area contributed by atoms with Crippen LogP contribution in [0.25, 0.3) is 0 Å². The van der Waals surface area contributed by atoms with Gasteiger partial charge in [0.2, 0.25) is 0 Å². The fraction of sp³-hybridized carbons (Fsp3) is 0.417. The molecule has 1 fully saturated rings. The standard InChI is InChI=1S/C12H15N/c1-9-5-3-4-6-11(9)13-12-8-7-10(12)2/h3-6,10,12H,1,7-8H2,2H3/t10?,12-/m1/s1. The second-order valence-electron chi connectivity index (χ2n) is 3.88. The van der Waals surface area contributed by atoms with E-state index in [1.54, 1.807) is 0 Å². The van der Waals surface area contributed by atoms with Crippen molar-refractivity contribution in [2.75, 3.05) is 0 Å². The van der Waals surface area contributed by atoms with Crippen molar-refractivity contribution in [3.63, 3.8) is 0 Å². The van der Waals surface area contributed by atoms with Crippen LogP contribution in [0.3, 0.4) is 0 Å². The predicted molar refractivity (Wildman–Crippen MR) is 57.0 cm³/mol. The molecule has 0 aromatic carbocycles. The van der Waals surface area contributed by atoms with E-state index in [-0.39, 0.29) is 0 Å². The van der Waals surface area contributed by atoms with E-state index in [4.69, 9.17) is 0 Å². The van der Waals surface area contributed by atoms with Crippen molar-refractivity contribution >= 4 is 5.71 Å². The smallest absolute Gasteiger partial charge is 0.0644 e. The molecule has 0 spiro atoms. The molecule has 1 nitrogen and oxygen atoms in total. The third-order valence-electron chi connectivity index (χ3n) is 2.87. The normalized spacial score (nSPS) is 35.2. The third kappa shape index (κ3) is 1.64. The zero-order valence-electron chi connectivity index (χ0n) is 8.03. The molecule has 0 heterocycles. The van der Waals surface area contributed by atoms with E-state index in [0.29, 0.717) is 6.04 Å². The van der Waals surface area contributed by atoms with Crippen molar-refractivity contribution in [2.45, 2.75) is 25.8 Å². The Hall–Kier alpha value is -1.11. The Morgan fingerprint density at radius 2 is 2.08 bits per heavy atom. The van der Waals surface area contributed by atoms with Crippen LogP contribution >= 0.6 is 0 Å². The molecule has 0 saturated heterocycles. The lowest BCUT2D eigenvalue weighted by Crippen LogP contribution is -2.28. The molecule has 2 aliphatic rings. The van der Waals surface area contributed by atoms with Gasteiger partial charge in [-0.05, 0) is 30.4 Å². The Morgan fingerprint density at radius 3 is 2.62 bits per heavy atom. The molecule has 0 radical (unpaired) electrons. The number of hydrogen-bond acceptors (Lipinski definition) is 1. The van der Waals surface area contributed by atoms with Gasteiger partial charge in [0.15, 0.2) is 0 Å². The molecule has 2 rings (SSSR count). The minimum atomic E-state index is 0.544. The second-order valence-corrected chi connectivity index (χ2v) is 3.88. The maximum atomic E-state index is 4.68. The molecule has 13 heavy (non-hydrogen) atoms. The van der Waals surface area contributed by atoms with Crippen molar-refractivity contribution in [2.24, 2.45) is 10.9 Å². The van der Waals surface area contributed by atoms with Gasteiger partial charge in [0, 0.05) is 0 Å². The van der Waals surface area contributed by atoms with Crippen molar-refractivity contribution in [1.29, 1.82) is 0 Å². The van der Waals surface area contributed by atoms with E-state index in [2.05, 4.69) is 18.5 Å². The Balaban J connectivity index is 2.11. The zero-order chi connectivity index (χ0) is 9.26. The lowest BCUT2D eigenvalue weighted by Gasteiger charge is -2.31. The summed E-state index contributed by atoms with van der Waals surface area (Å²) in [5.74, 6) is 0.764. The minimum absolute atomic E-state index is 0.544. The van der Waals surface area contributed by atoms with Gasteiger partial charge >= 0.3 is 0 Å². The first-order chi connectivity index (χ1) is 6.27. The molecule has 0 aromatic rings. The largest absolute Gasteiger partial charge is 0.281 e. The van der Waals surface area contributed by atoms with Crippen LogP contribution in [0, 0.1) is 5.92 Å². The third-order valence-corrected chi connectivity index (χ3v) is 2.87. The summed E-state index contributed by atoms with van der Waals surface area (Å²) in [6, 6.07) is 0.544. The van der Waals surface area contributed by atoms with Gasteiger partial charge in [-0.15, -0.1) is 0 Å². The quantitative estimate of drug-likeness (QED) is 0.578. The summed E-state index contributed by atoms with van der Waals surface area (Å²) < 4.78 is 0. The van der Waals surface area contributed by atoms with Gasteiger partial charge in [-0.2, -0.15) is 0 Å². The van der Waals surface area contributed by atoms with E-state index in [1.807, 2.05) is 24.3 Å². The van der Waals surface area contributed by atoms with Gasteiger partial charge in [0.1, 0.15) is 0 Å². The first-order valence-electron chi connectivity index (χ1n) is 4.89. The molecule has 0 bridgehead atoms. The number of hydrogen-bond donors (Lipinski definition) is 0. The highest BCUT2D eigenvalue weighted by Crippen LogP contribution is 2.30. The molecule has 0 amide bonds. The molecule has 68 valence electrons. The van der Waals surface area contributed by atoms with Crippen LogP contribution in [0.15, 0.2) is 41.4 Å². The first-order valence-corrected chi connectivity index (χ1v) is 4.89. The Labute approximate surface area is 79.6 Å². The monoisotopic (exact) mass is 173 g/mol. The first kappa shape index (κ1) is 8.49. The average molecular weight is 173 g/mol. The summed E-state index contributed by atoms with van der Waals surface area (Å²) in [6.45, 7) is 6.23. The maximum Gasteiger partial charge on any atom is 0.0644 e. The van der Waals surface area contributed by atoms with Crippen molar-refractivity contribution in [3.05, 3.63) is 36.5 Å². The topological polar surface area (TPSA) is 12.4 Å². The molecule has 1 saturated carbocycles. The highest BCUT2D eigenvalue weighted by molar-refractivity contribution is 6.11. The fourth-order valence-electron chi connectivity index (χ4n) is 1.66. The lowest BCUT2D eigenvalue weighted by atomic mass is 9.81. The van der Waals surface area contributed by atoms with Gasteiger partial charge in [0.25, 0.3) is 0 Å². The SMILES string of the molecule is C=C1C=CC=CC1=N[C@@H]1CCC1C. The van der Waals surface area contributed by atoms with E-state index in [0.717, 1.165) is 17.2 Å². The number of allylic oxidation sites excluding steroid dienone is 5. The van der Waals surface area contributed by atoms with Crippen molar-refractivity contribution < 1.29 is 0 Å². The summed E-state index contributed by atoms with van der Waals surface area (Å²) in [6.07, 6.45) is 10.7. The molecular weight excluding hydrogens is 158 g/mol. The molecule has 1 heteroatoms. The molecule has 0 N–H and O–H groups in total. The highest BCUT2D eigenvalue weighted by atomic mass is 14.8. The van der Waals surface area contributed by atoms with Crippen molar-refractivity contribution in [3.8, 4) is 0 Å². The van der Waals surface area contributed by atoms with Crippen LogP contribution in [0.4, 0.5) is 0 Å². The van der Waals surface area contributed by atoms with Crippen LogP contribution in [-0.2, 0) is 0 Å². The number of aliphatic imine (C=N–C) groups is 1. The molecule has 2 aliphatic carbocycles. The van der Waals surface area contributed by atoms with Gasteiger partial charge in [0.05, 0.1) is 11.8 Å². The predicted octanol–water partition coefficient (Wildman–Crippen LogP) is 2.91. The average Bonchev–Trinajstić information content (AvgIpc) is 2.14. The highest BCUT2D eigenvalue weighted by Gasteiger charge is 2.26. The van der Waals surface area contributed by atoms with Gasteiger partial charge < -0.3 is 0 Å². The Morgan fingerprint density at radius 1 is 1.31 bits per heavy atom. The zero-order valence-corrected chi connectivity index (χ0v) is 8.03. The van der Waals surface area contributed by atoms with E-state index in [9.17, 15) is 0 Å². The van der Waals surface area contributed by atoms with Crippen LogP contribution in [0.5, 0.6) is 0 Å². The van der Waals surface area contributed by atoms with Crippen LogP contribution in [0.2, 0.25) is 0 Å². The molecule has 0 aromatic heterocycles. The molecule has 0 aliphatic heterocycles. The molecular formula is C12H15N. The summed E-state index contributed by atoms with van der Waals surface area (Å²) >= 11 is 0. The lowest BCUT2D eigenvalue weighted by molar-refractivity contribution is 0.284. The van der Waals surface area contributed by atoms with Crippen molar-refractivity contribution in [1.82, 2.24) is 0 Å². The van der Waals surface area contributed by atoms with Gasteiger partial charge in [-0.3, -0.25) is 4.99 Å². The molecule has 2 atom stereocenters. The summed E-state index contributed by atoms with van der Waals surface area (Å²) in [5.41, 5.74) is 2.11. The van der Waals surface area contributed by atoms with Crippen LogP contribution < -0.4 is 0 Å². The summed E-state index contributed by atoms with van der Waals surface area (Å²) in [5, 5.41) is 0. The Kier molecular flexibility index (Phi) is 2.17. The van der Waals surface area contributed by atoms with E-state index in [1.165, 1.54) is 12.8 Å². The molecule has 1 unspecified atom stereocenters. The number of rotatable bonds is 1. The minimum Gasteiger partial charge on any atom is -0.281 e. The summed E-state index contributed by atoms with van der Waals surface area (Å²) in [4.78, 5) is 4.68. The Bertz CT molecular complexity index is 307. The maximum absolute atomic E-state index is 4.68. The fourth-order valence-corrected chi connectivity index (χ4v) is 1.66. The van der Waals surface area contributed by atoms with Crippen LogP contribution in [0.1, 0.15) is 19.8 Å². The van der Waals surface area contributed by atoms with E-state index >= 15 is 0 Å². The van der Waals surface area contributed by atoms with Gasteiger partial charge in [-0.25, -0.2) is 0 Å². The van der Waals surface area contributed by atoms with Gasteiger partial charge in [-0.1, -0.05) is 31.7 Å². The summed E-state index contributed by atoms with van der Waals surface area (Å²) in [7, 11) is 0. The van der Waals surface area contributed by atoms with Crippen LogP contribution in [-0.4, -0.2) is 11.8 Å². The second kappa shape index (κ2) is 3.33. The number of nitrogens with zero attached hydrogens (tertiary/aromatic N) is 1.